The van der Waals surface area contributed by atoms with E-state index in [2.05, 4.69) is 10.1 Å². The van der Waals surface area contributed by atoms with E-state index in [-0.39, 0.29) is 19.0 Å². The summed E-state index contributed by atoms with van der Waals surface area (Å²) in [5.74, 6) is -0.755. The highest BCUT2D eigenvalue weighted by Gasteiger charge is 2.41. The van der Waals surface area contributed by atoms with Crippen molar-refractivity contribution in [1.82, 2.24) is 14.8 Å². The third-order valence-corrected chi connectivity index (χ3v) is 2.83. The second kappa shape index (κ2) is 4.40. The van der Waals surface area contributed by atoms with Crippen LogP contribution in [0.5, 0.6) is 0 Å². The molecule has 8 nitrogen and oxygen atoms in total. The molecular formula is C9H14N4O4. The molecule has 1 aromatic rings. The molecule has 17 heavy (non-hydrogen) atoms. The predicted molar refractivity (Wildman–Crippen MR) is 55.0 cm³/mol. The smallest absolute Gasteiger partial charge is 0.288 e. The molecule has 0 unspecified atom stereocenters. The van der Waals surface area contributed by atoms with Crippen LogP contribution >= 0.6 is 0 Å². The van der Waals surface area contributed by atoms with Gasteiger partial charge in [-0.2, -0.15) is 0 Å². The van der Waals surface area contributed by atoms with Crippen molar-refractivity contribution in [3.8, 4) is 0 Å². The number of carbonyl (C=O) groups excluding carboxylic acids is 1. The zero-order valence-corrected chi connectivity index (χ0v) is 9.37. The normalized spacial score (nSPS) is 28.5. The Morgan fingerprint density at radius 2 is 2.65 bits per heavy atom. The Balaban J connectivity index is 2.12. The third kappa shape index (κ3) is 2.14. The SMILES string of the molecule is CO[C@@]1(CO)CO[C@H](n2cnc(C(N)=O)n2)C1. The molecule has 0 bridgehead atoms. The number of amides is 1. The lowest BCUT2D eigenvalue weighted by Gasteiger charge is -2.22. The predicted octanol–water partition coefficient (Wildman–Crippen LogP) is -1.33. The lowest BCUT2D eigenvalue weighted by molar-refractivity contribution is -0.0558. The van der Waals surface area contributed by atoms with Crippen LogP contribution in [0.15, 0.2) is 6.33 Å². The summed E-state index contributed by atoms with van der Waals surface area (Å²) in [6.45, 7) is 0.119. The molecule has 1 saturated heterocycles. The van der Waals surface area contributed by atoms with Crippen LogP contribution in [0.3, 0.4) is 0 Å². The van der Waals surface area contributed by atoms with E-state index in [1.54, 1.807) is 0 Å². The number of aliphatic hydroxyl groups excluding tert-OH is 1. The number of nitrogens with zero attached hydrogens (tertiary/aromatic N) is 3. The average molecular weight is 242 g/mol. The van der Waals surface area contributed by atoms with E-state index >= 15 is 0 Å². The van der Waals surface area contributed by atoms with Gasteiger partial charge in [0, 0.05) is 13.5 Å². The van der Waals surface area contributed by atoms with Crippen molar-refractivity contribution in [2.45, 2.75) is 18.2 Å². The van der Waals surface area contributed by atoms with Crippen molar-refractivity contribution in [1.29, 1.82) is 0 Å². The first kappa shape index (κ1) is 12.0. The topological polar surface area (TPSA) is 112 Å². The molecule has 1 aromatic heterocycles. The Morgan fingerprint density at radius 3 is 3.12 bits per heavy atom. The first-order chi connectivity index (χ1) is 8.10. The van der Waals surface area contributed by atoms with E-state index in [4.69, 9.17) is 15.2 Å². The van der Waals surface area contributed by atoms with Gasteiger partial charge in [-0.3, -0.25) is 4.79 Å². The molecule has 0 radical (unpaired) electrons. The number of ether oxygens (including phenoxy) is 2. The quantitative estimate of drug-likeness (QED) is 0.676. The summed E-state index contributed by atoms with van der Waals surface area (Å²) >= 11 is 0. The molecule has 2 atom stereocenters. The van der Waals surface area contributed by atoms with E-state index < -0.39 is 17.7 Å². The van der Waals surface area contributed by atoms with Crippen LogP contribution < -0.4 is 5.73 Å². The Hall–Kier alpha value is -1.51. The standard InChI is InChI=1S/C9H14N4O4/c1-16-9(3-14)2-6(17-4-9)13-5-11-8(12-13)7(10)15/h5-6,14H,2-4H2,1H3,(H2,10,15)/t6-,9-/m0/s1. The molecule has 1 amide bonds. The molecule has 2 rings (SSSR count). The van der Waals surface area contributed by atoms with E-state index in [1.807, 2.05) is 0 Å². The van der Waals surface area contributed by atoms with Gasteiger partial charge in [0.15, 0.2) is 6.23 Å². The zero-order valence-electron chi connectivity index (χ0n) is 9.37. The maximum absolute atomic E-state index is 10.8. The number of aliphatic hydroxyl groups is 1. The molecule has 0 aliphatic carbocycles. The minimum atomic E-state index is -0.719. The van der Waals surface area contributed by atoms with Crippen LogP contribution in [0.1, 0.15) is 23.3 Å². The van der Waals surface area contributed by atoms with E-state index in [0.717, 1.165) is 0 Å². The summed E-state index contributed by atoms with van der Waals surface area (Å²) in [6, 6.07) is 0. The number of hydrogen-bond donors (Lipinski definition) is 2. The zero-order chi connectivity index (χ0) is 12.5. The number of primary amides is 1. The number of methoxy groups -OCH3 is 1. The minimum absolute atomic E-state index is 0.0625. The van der Waals surface area contributed by atoms with Crippen LogP contribution in [0.2, 0.25) is 0 Å². The van der Waals surface area contributed by atoms with Crippen LogP contribution in [-0.4, -0.2) is 51.7 Å². The van der Waals surface area contributed by atoms with E-state index in [0.29, 0.717) is 6.42 Å². The number of rotatable bonds is 4. The average Bonchev–Trinajstić information content (AvgIpc) is 2.96. The Bertz CT molecular complexity index is 415. The van der Waals surface area contributed by atoms with Gasteiger partial charge in [-0.05, 0) is 0 Å². The number of carbonyl (C=O) groups is 1. The van der Waals surface area contributed by atoms with Crippen molar-refractivity contribution >= 4 is 5.91 Å². The van der Waals surface area contributed by atoms with E-state index in [1.165, 1.54) is 18.1 Å². The van der Waals surface area contributed by atoms with Crippen molar-refractivity contribution < 1.29 is 19.4 Å². The second-order valence-corrected chi connectivity index (χ2v) is 3.93. The fourth-order valence-corrected chi connectivity index (χ4v) is 1.70. The van der Waals surface area contributed by atoms with Crippen molar-refractivity contribution in [3.63, 3.8) is 0 Å². The number of aromatic nitrogens is 3. The number of hydrogen-bond acceptors (Lipinski definition) is 6. The van der Waals surface area contributed by atoms with Crippen LogP contribution in [0.4, 0.5) is 0 Å². The maximum Gasteiger partial charge on any atom is 0.288 e. The van der Waals surface area contributed by atoms with Gasteiger partial charge in [-0.25, -0.2) is 9.67 Å². The molecule has 8 heteroatoms. The first-order valence-corrected chi connectivity index (χ1v) is 5.09. The fourth-order valence-electron chi connectivity index (χ4n) is 1.70. The highest BCUT2D eigenvalue weighted by molar-refractivity contribution is 5.88. The van der Waals surface area contributed by atoms with Crippen LogP contribution in [0, 0.1) is 0 Å². The van der Waals surface area contributed by atoms with Crippen LogP contribution in [0.25, 0.3) is 0 Å². The third-order valence-electron chi connectivity index (χ3n) is 2.83. The molecule has 0 aromatic carbocycles. The van der Waals surface area contributed by atoms with Gasteiger partial charge in [0.05, 0.1) is 13.2 Å². The Morgan fingerprint density at radius 1 is 1.88 bits per heavy atom. The van der Waals surface area contributed by atoms with Gasteiger partial charge < -0.3 is 20.3 Å². The highest BCUT2D eigenvalue weighted by atomic mass is 16.6. The Labute approximate surface area is 97.3 Å². The first-order valence-electron chi connectivity index (χ1n) is 5.09. The molecule has 94 valence electrons. The second-order valence-electron chi connectivity index (χ2n) is 3.93. The summed E-state index contributed by atoms with van der Waals surface area (Å²) in [7, 11) is 1.51. The molecule has 1 aliphatic heterocycles. The summed E-state index contributed by atoms with van der Waals surface area (Å²) in [4.78, 5) is 14.6. The van der Waals surface area contributed by atoms with Crippen molar-refractivity contribution in [2.75, 3.05) is 20.3 Å². The minimum Gasteiger partial charge on any atom is -0.393 e. The number of nitrogens with two attached hydrogens (primary N) is 1. The van der Waals surface area contributed by atoms with E-state index in [9.17, 15) is 9.90 Å². The summed E-state index contributed by atoms with van der Waals surface area (Å²) in [5.41, 5.74) is 4.33. The molecular weight excluding hydrogens is 228 g/mol. The molecule has 0 saturated carbocycles. The molecule has 3 N–H and O–H groups in total. The van der Waals surface area contributed by atoms with Gasteiger partial charge in [-0.1, -0.05) is 0 Å². The fraction of sp³-hybridized carbons (Fsp3) is 0.667. The Kier molecular flexibility index (Phi) is 3.09. The monoisotopic (exact) mass is 242 g/mol. The highest BCUT2D eigenvalue weighted by Crippen LogP contribution is 2.32. The van der Waals surface area contributed by atoms with Crippen molar-refractivity contribution in [3.05, 3.63) is 12.2 Å². The van der Waals surface area contributed by atoms with Gasteiger partial charge in [0.25, 0.3) is 5.91 Å². The summed E-state index contributed by atoms with van der Waals surface area (Å²) < 4.78 is 12.1. The molecule has 1 aliphatic rings. The van der Waals surface area contributed by atoms with Crippen molar-refractivity contribution in [2.24, 2.45) is 5.73 Å². The van der Waals surface area contributed by atoms with Gasteiger partial charge in [-0.15, -0.1) is 5.10 Å². The maximum atomic E-state index is 10.8. The van der Waals surface area contributed by atoms with Gasteiger partial charge in [0.2, 0.25) is 5.82 Å². The largest absolute Gasteiger partial charge is 0.393 e. The lowest BCUT2D eigenvalue weighted by Crippen LogP contribution is -2.36. The van der Waals surface area contributed by atoms with Crippen LogP contribution in [-0.2, 0) is 9.47 Å². The molecule has 0 spiro atoms. The molecule has 1 fully saturated rings. The summed E-state index contributed by atoms with van der Waals surface area (Å²) in [6.07, 6.45) is 1.39. The summed E-state index contributed by atoms with van der Waals surface area (Å²) in [5, 5.41) is 13.1. The van der Waals surface area contributed by atoms with Gasteiger partial charge >= 0.3 is 0 Å². The lowest BCUT2D eigenvalue weighted by atomic mass is 10.0. The van der Waals surface area contributed by atoms with Gasteiger partial charge in [0.1, 0.15) is 11.9 Å². The molecule has 2 heterocycles.